The van der Waals surface area contributed by atoms with Gasteiger partial charge in [-0.05, 0) is 24.6 Å². The minimum Gasteiger partial charge on any atom is -0.464 e. The molecule has 0 aliphatic carbocycles. The van der Waals surface area contributed by atoms with E-state index in [9.17, 15) is 8.78 Å². The average Bonchev–Trinajstić information content (AvgIpc) is 3.71. The van der Waals surface area contributed by atoms with E-state index in [1.165, 1.54) is 30.3 Å². The van der Waals surface area contributed by atoms with Crippen LogP contribution in [0.3, 0.4) is 0 Å². The molecule has 4 heterocycles. The van der Waals surface area contributed by atoms with Crippen molar-refractivity contribution in [1.29, 1.82) is 0 Å². The van der Waals surface area contributed by atoms with Crippen molar-refractivity contribution in [3.63, 3.8) is 0 Å². The lowest BCUT2D eigenvalue weighted by Crippen LogP contribution is -2.16. The molecular formula is C26H23Cl2F3N8O3. The van der Waals surface area contributed by atoms with Crippen LogP contribution >= 0.6 is 23.2 Å². The fraction of sp³-hybridized carbons (Fsp3) is 0.269. The summed E-state index contributed by atoms with van der Waals surface area (Å²) in [5, 5.41) is 16.4. The molecule has 1 unspecified atom stereocenters. The van der Waals surface area contributed by atoms with E-state index < -0.39 is 18.5 Å². The number of pyridine rings is 1. The van der Waals surface area contributed by atoms with E-state index in [0.29, 0.717) is 34.0 Å². The van der Waals surface area contributed by atoms with Gasteiger partial charge in [-0.25, -0.2) is 9.07 Å². The Balaban J connectivity index is 1.50. The van der Waals surface area contributed by atoms with E-state index in [2.05, 4.69) is 30.2 Å². The summed E-state index contributed by atoms with van der Waals surface area (Å²) in [5.41, 5.74) is 2.63. The molecule has 11 nitrogen and oxygen atoms in total. The molecule has 42 heavy (non-hydrogen) atoms. The van der Waals surface area contributed by atoms with Crippen molar-refractivity contribution in [1.82, 2.24) is 39.5 Å². The Morgan fingerprint density at radius 3 is 2.52 bits per heavy atom. The Labute approximate surface area is 247 Å². The monoisotopic (exact) mass is 622 g/mol. The third-order valence-electron chi connectivity index (χ3n) is 6.27. The van der Waals surface area contributed by atoms with Gasteiger partial charge in [-0.1, -0.05) is 34.5 Å². The molecule has 0 bridgehead atoms. The highest BCUT2D eigenvalue weighted by atomic mass is 35.5. The van der Waals surface area contributed by atoms with Crippen LogP contribution in [0.5, 0.6) is 5.75 Å². The van der Waals surface area contributed by atoms with Gasteiger partial charge >= 0.3 is 6.61 Å². The fourth-order valence-corrected chi connectivity index (χ4v) is 4.69. The number of methoxy groups -OCH3 is 1. The zero-order chi connectivity index (χ0) is 29.8. The van der Waals surface area contributed by atoms with Gasteiger partial charge in [-0.15, -0.1) is 5.10 Å². The van der Waals surface area contributed by atoms with E-state index >= 15 is 4.39 Å². The second-order valence-corrected chi connectivity index (χ2v) is 9.68. The summed E-state index contributed by atoms with van der Waals surface area (Å²) >= 11 is 12.0. The van der Waals surface area contributed by atoms with Crippen LogP contribution in [0.2, 0.25) is 10.2 Å². The standard InChI is InChI=1S/C26H23Cl2F3N8O3/c1-37-25(21(11-33-37)42-14-40-2)16-10-34-38(12-16)19(7-8-41-26(30)31)18-5-3-15(9-32-18)23-20(6-4-17(27)24(23)29)39-13-22(28)35-36-39/h3-6,9-13,19,26H,7-8,14H2,1-2H3. The van der Waals surface area contributed by atoms with Gasteiger partial charge in [-0.3, -0.25) is 14.3 Å². The van der Waals surface area contributed by atoms with Crippen molar-refractivity contribution < 1.29 is 27.4 Å². The van der Waals surface area contributed by atoms with Gasteiger partial charge in [0.1, 0.15) is 5.69 Å². The summed E-state index contributed by atoms with van der Waals surface area (Å²) in [6, 6.07) is 5.66. The molecule has 0 aliphatic heterocycles. The van der Waals surface area contributed by atoms with Crippen LogP contribution < -0.4 is 4.74 Å². The number of aromatic nitrogens is 8. The van der Waals surface area contributed by atoms with Gasteiger partial charge in [0.15, 0.2) is 23.5 Å². The Morgan fingerprint density at radius 2 is 1.83 bits per heavy atom. The van der Waals surface area contributed by atoms with E-state index in [0.717, 1.165) is 0 Å². The van der Waals surface area contributed by atoms with Crippen molar-refractivity contribution in [3.05, 3.63) is 76.9 Å². The number of rotatable bonds is 12. The number of alkyl halides is 2. The van der Waals surface area contributed by atoms with Crippen LogP contribution in [0.25, 0.3) is 28.1 Å². The lowest BCUT2D eigenvalue weighted by atomic mass is 10.0. The second kappa shape index (κ2) is 12.9. The molecule has 0 aliphatic rings. The van der Waals surface area contributed by atoms with Crippen molar-refractivity contribution in [2.75, 3.05) is 20.5 Å². The predicted octanol–water partition coefficient (Wildman–Crippen LogP) is 5.57. The van der Waals surface area contributed by atoms with Crippen molar-refractivity contribution in [2.24, 2.45) is 7.05 Å². The van der Waals surface area contributed by atoms with Gasteiger partial charge < -0.3 is 14.2 Å². The molecule has 0 radical (unpaired) electrons. The lowest BCUT2D eigenvalue weighted by Gasteiger charge is -2.18. The number of benzene rings is 1. The van der Waals surface area contributed by atoms with Crippen molar-refractivity contribution >= 4 is 23.2 Å². The van der Waals surface area contributed by atoms with Crippen LogP contribution in [-0.2, 0) is 16.5 Å². The number of ether oxygens (including phenoxy) is 3. The quantitative estimate of drug-likeness (QED) is 0.166. The van der Waals surface area contributed by atoms with Crippen LogP contribution in [0, 0.1) is 5.82 Å². The molecule has 220 valence electrons. The summed E-state index contributed by atoms with van der Waals surface area (Å²) in [5.74, 6) is -0.205. The second-order valence-electron chi connectivity index (χ2n) is 8.89. The number of aryl methyl sites for hydroxylation is 1. The minimum absolute atomic E-state index is 0.0234. The smallest absolute Gasteiger partial charge is 0.345 e. The first kappa shape index (κ1) is 29.5. The number of hydrogen-bond donors (Lipinski definition) is 0. The van der Waals surface area contributed by atoms with E-state index in [-0.39, 0.29) is 35.6 Å². The first-order valence-corrected chi connectivity index (χ1v) is 13.1. The maximum atomic E-state index is 15.3. The number of nitrogens with zero attached hydrogens (tertiary/aromatic N) is 8. The molecule has 1 aromatic carbocycles. The van der Waals surface area contributed by atoms with Crippen LogP contribution in [0.4, 0.5) is 13.2 Å². The predicted molar refractivity (Wildman–Crippen MR) is 146 cm³/mol. The maximum Gasteiger partial charge on any atom is 0.345 e. The molecule has 4 aromatic heterocycles. The van der Waals surface area contributed by atoms with Crippen LogP contribution in [0.15, 0.2) is 55.2 Å². The zero-order valence-electron chi connectivity index (χ0n) is 22.2. The third-order valence-corrected chi connectivity index (χ3v) is 6.73. The topological polar surface area (TPSA) is 107 Å². The van der Waals surface area contributed by atoms with Gasteiger partial charge in [0.25, 0.3) is 0 Å². The van der Waals surface area contributed by atoms with E-state index in [4.69, 9.17) is 32.7 Å². The molecular weight excluding hydrogens is 600 g/mol. The molecule has 5 aromatic rings. The van der Waals surface area contributed by atoms with Crippen LogP contribution in [-0.4, -0.2) is 66.7 Å². The molecule has 1 atom stereocenters. The first-order chi connectivity index (χ1) is 20.3. The SMILES string of the molecule is COCOc1cnn(C)c1-c1cnn(C(CCOC(F)F)c2ccc(-c3c(-n4cc(Cl)nn4)ccc(Cl)c3F)cn2)c1. The highest BCUT2D eigenvalue weighted by Crippen LogP contribution is 2.35. The molecule has 0 saturated heterocycles. The minimum atomic E-state index is -2.93. The Hall–Kier alpha value is -3.98. The third kappa shape index (κ3) is 6.26. The van der Waals surface area contributed by atoms with Gasteiger partial charge in [0.05, 0.1) is 47.6 Å². The molecule has 0 amide bonds. The number of hydrogen-bond acceptors (Lipinski definition) is 8. The summed E-state index contributed by atoms with van der Waals surface area (Å²) in [6.07, 6.45) is 7.87. The fourth-order valence-electron chi connectivity index (χ4n) is 4.41. The molecule has 5 rings (SSSR count). The summed E-state index contributed by atoms with van der Waals surface area (Å²) in [4.78, 5) is 4.54. The average molecular weight is 623 g/mol. The van der Waals surface area contributed by atoms with Gasteiger partial charge in [-0.2, -0.15) is 19.0 Å². The summed E-state index contributed by atoms with van der Waals surface area (Å²) < 4.78 is 60.6. The zero-order valence-corrected chi connectivity index (χ0v) is 23.7. The highest BCUT2D eigenvalue weighted by molar-refractivity contribution is 6.31. The molecule has 16 heteroatoms. The van der Waals surface area contributed by atoms with Gasteiger partial charge in [0.2, 0.25) is 0 Å². The molecule has 0 spiro atoms. The number of halogens is 5. The molecule has 0 saturated carbocycles. The maximum absolute atomic E-state index is 15.3. The van der Waals surface area contributed by atoms with Crippen molar-refractivity contribution in [2.45, 2.75) is 19.1 Å². The van der Waals surface area contributed by atoms with Crippen molar-refractivity contribution in [3.8, 4) is 33.8 Å². The Kier molecular flexibility index (Phi) is 9.06. The Bertz CT molecular complexity index is 1660. The molecule has 0 N–H and O–H groups in total. The molecule has 0 fully saturated rings. The normalized spacial score (nSPS) is 12.3. The van der Waals surface area contributed by atoms with Crippen LogP contribution in [0.1, 0.15) is 18.2 Å². The Morgan fingerprint density at radius 1 is 1.00 bits per heavy atom. The first-order valence-electron chi connectivity index (χ1n) is 12.4. The van der Waals surface area contributed by atoms with E-state index in [1.54, 1.807) is 53.2 Å². The largest absolute Gasteiger partial charge is 0.464 e. The van der Waals surface area contributed by atoms with Gasteiger partial charge in [0, 0.05) is 43.2 Å². The summed E-state index contributed by atoms with van der Waals surface area (Å²) in [7, 11) is 3.25. The highest BCUT2D eigenvalue weighted by Gasteiger charge is 2.22. The lowest BCUT2D eigenvalue weighted by molar-refractivity contribution is -0.130. The summed E-state index contributed by atoms with van der Waals surface area (Å²) in [6.45, 7) is -3.18. The van der Waals surface area contributed by atoms with E-state index in [1.807, 2.05) is 0 Å².